The minimum atomic E-state index is -0.967. The van der Waals surface area contributed by atoms with E-state index in [1.165, 1.54) is 0 Å². The quantitative estimate of drug-likeness (QED) is 0.129. The van der Waals surface area contributed by atoms with Crippen molar-refractivity contribution >= 4 is 39.5 Å². The Hall–Kier alpha value is -4.82. The van der Waals surface area contributed by atoms with Gasteiger partial charge in [0.15, 0.2) is 0 Å². The Morgan fingerprint density at radius 2 is 1.63 bits per heavy atom. The van der Waals surface area contributed by atoms with Crippen LogP contribution in [-0.4, -0.2) is 37.0 Å². The Labute approximate surface area is 292 Å². The molecule has 0 bridgehead atoms. The van der Waals surface area contributed by atoms with Crippen LogP contribution in [0.1, 0.15) is 58.5 Å². The number of carbonyl (C=O) groups is 1. The highest BCUT2D eigenvalue weighted by Gasteiger charge is 2.33. The summed E-state index contributed by atoms with van der Waals surface area (Å²) in [6.45, 7) is 13.6. The molecule has 0 fully saturated rings. The largest absolute Gasteiger partial charge is 0.487 e. The van der Waals surface area contributed by atoms with Crippen LogP contribution in [0.15, 0.2) is 102 Å². The fourth-order valence-corrected chi connectivity index (χ4v) is 7.02. The number of rotatable bonds is 12. The number of nitrogens with zero attached hydrogens (tertiary/aromatic N) is 3. The lowest BCUT2D eigenvalue weighted by Crippen LogP contribution is -2.28. The predicted molar refractivity (Wildman–Crippen MR) is 199 cm³/mol. The maximum atomic E-state index is 12.4. The summed E-state index contributed by atoms with van der Waals surface area (Å²) in [7, 11) is 0. The summed E-state index contributed by atoms with van der Waals surface area (Å²) in [5, 5.41) is 12.3. The van der Waals surface area contributed by atoms with Crippen molar-refractivity contribution in [2.24, 2.45) is 5.41 Å². The Morgan fingerprint density at radius 3 is 2.33 bits per heavy atom. The van der Waals surface area contributed by atoms with Crippen LogP contribution in [0, 0.1) is 5.41 Å². The van der Waals surface area contributed by atoms with Gasteiger partial charge in [-0.25, -0.2) is 9.97 Å². The Morgan fingerprint density at radius 1 is 0.878 bits per heavy atom. The summed E-state index contributed by atoms with van der Waals surface area (Å²) in [5.41, 5.74) is 6.07. The molecule has 0 aliphatic heterocycles. The second kappa shape index (κ2) is 14.0. The van der Waals surface area contributed by atoms with Gasteiger partial charge in [-0.3, -0.25) is 4.79 Å². The zero-order chi connectivity index (χ0) is 34.8. The molecule has 0 amide bonds. The molecule has 49 heavy (non-hydrogen) atoms. The number of benzene rings is 3. The Kier molecular flexibility index (Phi) is 9.70. The van der Waals surface area contributed by atoms with Crippen LogP contribution < -0.4 is 9.47 Å². The molecule has 0 saturated carbocycles. The topological polar surface area (TPSA) is 86.5 Å². The van der Waals surface area contributed by atoms with Crippen LogP contribution in [0.3, 0.4) is 0 Å². The minimum absolute atomic E-state index is 0.111. The molecular weight excluding hydrogens is 631 g/mol. The van der Waals surface area contributed by atoms with Gasteiger partial charge in [-0.15, -0.1) is 11.8 Å². The average Bonchev–Trinajstić information content (AvgIpc) is 3.33. The smallest absolute Gasteiger partial charge is 0.309 e. The first-order valence-electron chi connectivity index (χ1n) is 16.6. The van der Waals surface area contributed by atoms with Gasteiger partial charge < -0.3 is 19.1 Å². The van der Waals surface area contributed by atoms with E-state index in [2.05, 4.69) is 78.9 Å². The standard InChI is InChI=1S/C41H43N3O4S/c1-7-47-37-21-17-30(24-42-37)28-14-12-27(13-15-28)25-44-35-20-19-32(48-26-31-18-16-29-10-8-9-11-34(29)43-31)22-33(35)38(49-40(2,3)4)36(44)23-41(5,6)39(45)46/h8-22,24H,7,23,25-26H2,1-6H3,(H,45,46). The third-order valence-corrected chi connectivity index (χ3v) is 9.66. The molecule has 0 atom stereocenters. The summed E-state index contributed by atoms with van der Waals surface area (Å²) in [6, 6.07) is 30.7. The zero-order valence-electron chi connectivity index (χ0n) is 29.0. The summed E-state index contributed by atoms with van der Waals surface area (Å²) in [4.78, 5) is 22.7. The number of hydrogen-bond donors (Lipinski definition) is 1. The lowest BCUT2D eigenvalue weighted by atomic mass is 9.88. The van der Waals surface area contributed by atoms with Crippen molar-refractivity contribution in [3.05, 3.63) is 114 Å². The summed E-state index contributed by atoms with van der Waals surface area (Å²) in [5.74, 6) is 0.533. The van der Waals surface area contributed by atoms with Gasteiger partial charge in [-0.2, -0.15) is 0 Å². The van der Waals surface area contributed by atoms with Crippen LogP contribution in [0.25, 0.3) is 32.9 Å². The van der Waals surface area contributed by atoms with Gasteiger partial charge in [-0.1, -0.05) is 69.3 Å². The van der Waals surface area contributed by atoms with Crippen molar-refractivity contribution in [1.82, 2.24) is 14.5 Å². The molecule has 0 spiro atoms. The second-order valence-corrected chi connectivity index (χ2v) is 15.8. The third kappa shape index (κ3) is 7.92. The number of hydrogen-bond acceptors (Lipinski definition) is 6. The molecule has 0 unspecified atom stereocenters. The molecule has 7 nitrogen and oxygen atoms in total. The van der Waals surface area contributed by atoms with Gasteiger partial charge in [-0.05, 0) is 68.3 Å². The second-order valence-electron chi connectivity index (χ2n) is 13.9. The van der Waals surface area contributed by atoms with E-state index in [9.17, 15) is 9.90 Å². The molecule has 1 N–H and O–H groups in total. The molecule has 3 aromatic carbocycles. The van der Waals surface area contributed by atoms with Crippen molar-refractivity contribution in [3.63, 3.8) is 0 Å². The number of para-hydroxylation sites is 1. The number of aliphatic carboxylic acids is 1. The highest BCUT2D eigenvalue weighted by atomic mass is 32.2. The van der Waals surface area contributed by atoms with E-state index in [1.807, 2.05) is 55.6 Å². The molecule has 3 aromatic heterocycles. The molecule has 0 radical (unpaired) electrons. The zero-order valence-corrected chi connectivity index (χ0v) is 29.8. The highest BCUT2D eigenvalue weighted by molar-refractivity contribution is 8.00. The number of fused-ring (bicyclic) bond motifs is 2. The molecule has 8 heteroatoms. The molecule has 3 heterocycles. The Bertz CT molecular complexity index is 2100. The first-order chi connectivity index (χ1) is 23.4. The molecule has 6 aromatic rings. The summed E-state index contributed by atoms with van der Waals surface area (Å²) < 4.78 is 14.0. The van der Waals surface area contributed by atoms with E-state index < -0.39 is 11.4 Å². The molecule has 0 aliphatic carbocycles. The monoisotopic (exact) mass is 673 g/mol. The molecule has 252 valence electrons. The van der Waals surface area contributed by atoms with E-state index in [1.54, 1.807) is 25.6 Å². The Balaban J connectivity index is 1.37. The summed E-state index contributed by atoms with van der Waals surface area (Å²) >= 11 is 1.77. The maximum absolute atomic E-state index is 12.4. The minimum Gasteiger partial charge on any atom is -0.487 e. The SMILES string of the molecule is CCOc1ccc(-c2ccc(Cn3c(CC(C)(C)C(=O)O)c(SC(C)(C)C)c4cc(OCc5ccc6ccccc6n5)ccc43)cc2)cn1. The van der Waals surface area contributed by atoms with Gasteiger partial charge in [0.05, 0.1) is 23.2 Å². The van der Waals surface area contributed by atoms with E-state index in [4.69, 9.17) is 14.5 Å². The van der Waals surface area contributed by atoms with Crippen molar-refractivity contribution < 1.29 is 19.4 Å². The molecule has 0 aliphatic rings. The number of carboxylic acid groups (broad SMARTS) is 1. The maximum Gasteiger partial charge on any atom is 0.309 e. The predicted octanol–water partition coefficient (Wildman–Crippen LogP) is 9.82. The summed E-state index contributed by atoms with van der Waals surface area (Å²) in [6.07, 6.45) is 2.21. The number of thioether (sulfide) groups is 1. The number of ether oxygens (including phenoxy) is 2. The first-order valence-corrected chi connectivity index (χ1v) is 17.4. The molecular formula is C41H43N3O4S. The van der Waals surface area contributed by atoms with Gasteiger partial charge in [0.25, 0.3) is 0 Å². The van der Waals surface area contributed by atoms with Gasteiger partial charge >= 0.3 is 5.97 Å². The average molecular weight is 674 g/mol. The number of carboxylic acids is 1. The highest BCUT2D eigenvalue weighted by Crippen LogP contribution is 2.44. The fraction of sp³-hybridized carbons (Fsp3) is 0.293. The van der Waals surface area contributed by atoms with E-state index >= 15 is 0 Å². The molecule has 0 saturated heterocycles. The van der Waals surface area contributed by atoms with Gasteiger partial charge in [0, 0.05) is 62.4 Å². The van der Waals surface area contributed by atoms with Gasteiger partial charge in [0.2, 0.25) is 5.88 Å². The van der Waals surface area contributed by atoms with E-state index in [-0.39, 0.29) is 4.75 Å². The number of aromatic nitrogens is 3. The first kappa shape index (κ1) is 34.1. The van der Waals surface area contributed by atoms with Crippen molar-refractivity contribution in [2.45, 2.75) is 70.8 Å². The lowest BCUT2D eigenvalue weighted by Gasteiger charge is -2.24. The molecule has 6 rings (SSSR count). The normalized spacial score (nSPS) is 12.0. The van der Waals surface area contributed by atoms with Crippen LogP contribution in [0.5, 0.6) is 11.6 Å². The van der Waals surface area contributed by atoms with Crippen LogP contribution in [0.2, 0.25) is 0 Å². The van der Waals surface area contributed by atoms with Crippen molar-refractivity contribution in [1.29, 1.82) is 0 Å². The number of pyridine rings is 2. The fourth-order valence-electron chi connectivity index (χ4n) is 5.83. The van der Waals surface area contributed by atoms with Crippen molar-refractivity contribution in [3.8, 4) is 22.8 Å². The van der Waals surface area contributed by atoms with Gasteiger partial charge in [0.1, 0.15) is 12.4 Å². The van der Waals surface area contributed by atoms with Crippen LogP contribution in [-0.2, 0) is 24.4 Å². The lowest BCUT2D eigenvalue weighted by molar-refractivity contribution is -0.146. The van der Waals surface area contributed by atoms with Crippen LogP contribution in [0.4, 0.5) is 0 Å². The third-order valence-electron chi connectivity index (χ3n) is 8.39. The van der Waals surface area contributed by atoms with Crippen LogP contribution >= 0.6 is 11.8 Å². The van der Waals surface area contributed by atoms with E-state index in [0.717, 1.165) is 60.5 Å². The van der Waals surface area contributed by atoms with E-state index in [0.29, 0.717) is 32.1 Å². The van der Waals surface area contributed by atoms with Crippen molar-refractivity contribution in [2.75, 3.05) is 6.61 Å².